The average molecular weight is 434 g/mol. The van der Waals surface area contributed by atoms with E-state index in [9.17, 15) is 9.59 Å². The molecule has 3 rings (SSSR count). The van der Waals surface area contributed by atoms with Crippen LogP contribution in [0.2, 0.25) is 0 Å². The Labute approximate surface area is 178 Å². The maximum Gasteiger partial charge on any atom is 0.263 e. The molecule has 3 aromatic heterocycles. The van der Waals surface area contributed by atoms with Crippen LogP contribution < -0.4 is 10.9 Å². The Hall–Kier alpha value is -2.13. The standard InChI is InChI=1S/C20H27N5O2S2/c1-10(2)24-19(27)16-12(5)13(6)28-18(16)23-20(24)29-14(7)17(26)22-15-8-9-21-25(15)11(3)4/h8-11,14H,1-7H3,(H,22,26). The molecule has 0 aliphatic rings. The number of thioether (sulfide) groups is 1. The van der Waals surface area contributed by atoms with E-state index in [1.807, 2.05) is 48.5 Å². The minimum atomic E-state index is -0.429. The van der Waals surface area contributed by atoms with Crippen molar-refractivity contribution in [3.63, 3.8) is 0 Å². The predicted molar refractivity (Wildman–Crippen MR) is 120 cm³/mol. The van der Waals surface area contributed by atoms with Crippen molar-refractivity contribution in [2.45, 2.75) is 71.0 Å². The maximum absolute atomic E-state index is 13.2. The number of fused-ring (bicyclic) bond motifs is 1. The van der Waals surface area contributed by atoms with Gasteiger partial charge in [0.2, 0.25) is 5.91 Å². The first-order valence-corrected chi connectivity index (χ1v) is 11.3. The third-order valence-corrected chi connectivity index (χ3v) is 6.95. The summed E-state index contributed by atoms with van der Waals surface area (Å²) in [6, 6.07) is 1.86. The summed E-state index contributed by atoms with van der Waals surface area (Å²) in [7, 11) is 0. The SMILES string of the molecule is Cc1sc2nc(SC(C)C(=O)Nc3ccnn3C(C)C)n(C(C)C)c(=O)c2c1C. The number of aryl methyl sites for hydroxylation is 2. The van der Waals surface area contributed by atoms with E-state index in [0.29, 0.717) is 16.4 Å². The second-order valence-corrected chi connectivity index (χ2v) is 10.1. The van der Waals surface area contributed by atoms with Crippen LogP contribution in [-0.2, 0) is 4.79 Å². The number of anilines is 1. The molecule has 0 aliphatic heterocycles. The van der Waals surface area contributed by atoms with Crippen LogP contribution in [0.5, 0.6) is 0 Å². The molecule has 0 aliphatic carbocycles. The summed E-state index contributed by atoms with van der Waals surface area (Å²) in [6.45, 7) is 13.7. The van der Waals surface area contributed by atoms with Crippen molar-refractivity contribution >= 4 is 45.0 Å². The van der Waals surface area contributed by atoms with E-state index in [2.05, 4.69) is 10.4 Å². The zero-order valence-electron chi connectivity index (χ0n) is 17.8. The summed E-state index contributed by atoms with van der Waals surface area (Å²) < 4.78 is 3.45. The number of nitrogens with zero attached hydrogens (tertiary/aromatic N) is 4. The molecular formula is C20H27N5O2S2. The second kappa shape index (κ2) is 8.31. The normalized spacial score (nSPS) is 12.9. The van der Waals surface area contributed by atoms with Gasteiger partial charge < -0.3 is 5.32 Å². The Kier molecular flexibility index (Phi) is 6.19. The number of thiophene rings is 1. The smallest absolute Gasteiger partial charge is 0.263 e. The predicted octanol–water partition coefficient (Wildman–Crippen LogP) is 4.55. The van der Waals surface area contributed by atoms with Gasteiger partial charge in [-0.3, -0.25) is 14.2 Å². The molecule has 1 atom stereocenters. The fraction of sp³-hybridized carbons (Fsp3) is 0.500. The quantitative estimate of drug-likeness (QED) is 0.455. The van der Waals surface area contributed by atoms with Gasteiger partial charge in [0.05, 0.1) is 16.8 Å². The van der Waals surface area contributed by atoms with Crippen molar-refractivity contribution in [3.05, 3.63) is 33.1 Å². The van der Waals surface area contributed by atoms with Gasteiger partial charge >= 0.3 is 0 Å². The Bertz CT molecular complexity index is 1110. The average Bonchev–Trinajstić information content (AvgIpc) is 3.19. The van der Waals surface area contributed by atoms with E-state index in [0.717, 1.165) is 15.3 Å². The first-order chi connectivity index (χ1) is 13.6. The number of hydrogen-bond donors (Lipinski definition) is 1. The summed E-state index contributed by atoms with van der Waals surface area (Å²) in [5.74, 6) is 0.507. The Morgan fingerprint density at radius 2 is 1.86 bits per heavy atom. The number of aromatic nitrogens is 4. The van der Waals surface area contributed by atoms with Crippen LogP contribution in [-0.4, -0.2) is 30.5 Å². The molecule has 9 heteroatoms. The van der Waals surface area contributed by atoms with Gasteiger partial charge in [-0.05, 0) is 54.0 Å². The molecule has 1 unspecified atom stereocenters. The van der Waals surface area contributed by atoms with Crippen molar-refractivity contribution in [1.82, 2.24) is 19.3 Å². The lowest BCUT2D eigenvalue weighted by atomic mass is 10.2. The van der Waals surface area contributed by atoms with Crippen molar-refractivity contribution in [3.8, 4) is 0 Å². The number of nitrogens with one attached hydrogen (secondary N) is 1. The van der Waals surface area contributed by atoms with Crippen LogP contribution in [0.1, 0.15) is 57.1 Å². The molecule has 29 heavy (non-hydrogen) atoms. The molecule has 1 amide bonds. The highest BCUT2D eigenvalue weighted by Crippen LogP contribution is 2.31. The van der Waals surface area contributed by atoms with E-state index >= 15 is 0 Å². The second-order valence-electron chi connectivity index (χ2n) is 7.63. The zero-order valence-corrected chi connectivity index (χ0v) is 19.4. The lowest BCUT2D eigenvalue weighted by molar-refractivity contribution is -0.115. The topological polar surface area (TPSA) is 81.8 Å². The lowest BCUT2D eigenvalue weighted by Crippen LogP contribution is -2.28. The van der Waals surface area contributed by atoms with Gasteiger partial charge in [0.15, 0.2) is 5.16 Å². The van der Waals surface area contributed by atoms with Gasteiger partial charge in [0.25, 0.3) is 5.56 Å². The van der Waals surface area contributed by atoms with Gasteiger partial charge in [-0.25, -0.2) is 9.67 Å². The number of hydrogen-bond acceptors (Lipinski definition) is 6. The van der Waals surface area contributed by atoms with E-state index < -0.39 is 5.25 Å². The number of rotatable bonds is 6. The third-order valence-electron chi connectivity index (χ3n) is 4.78. The zero-order chi connectivity index (χ0) is 21.5. The molecular weight excluding hydrogens is 406 g/mol. The Morgan fingerprint density at radius 3 is 2.48 bits per heavy atom. The van der Waals surface area contributed by atoms with E-state index in [1.165, 1.54) is 23.1 Å². The Morgan fingerprint density at radius 1 is 1.17 bits per heavy atom. The fourth-order valence-corrected chi connectivity index (χ4v) is 5.20. The van der Waals surface area contributed by atoms with Gasteiger partial charge in [0.1, 0.15) is 10.6 Å². The monoisotopic (exact) mass is 433 g/mol. The largest absolute Gasteiger partial charge is 0.310 e. The van der Waals surface area contributed by atoms with Gasteiger partial charge in [-0.1, -0.05) is 11.8 Å². The molecule has 3 heterocycles. The van der Waals surface area contributed by atoms with Crippen molar-refractivity contribution in [2.24, 2.45) is 0 Å². The summed E-state index contributed by atoms with van der Waals surface area (Å²) in [4.78, 5) is 32.5. The first kappa shape index (κ1) is 21.6. The molecule has 156 valence electrons. The maximum atomic E-state index is 13.2. The minimum absolute atomic E-state index is 0.0418. The third kappa shape index (κ3) is 4.11. The summed E-state index contributed by atoms with van der Waals surface area (Å²) in [5, 5.41) is 8.00. The van der Waals surface area contributed by atoms with Crippen LogP contribution in [0.25, 0.3) is 10.2 Å². The molecule has 0 saturated heterocycles. The van der Waals surface area contributed by atoms with E-state index in [1.54, 1.807) is 21.5 Å². The van der Waals surface area contributed by atoms with E-state index in [4.69, 9.17) is 4.98 Å². The number of amides is 1. The molecule has 0 bridgehead atoms. The van der Waals surface area contributed by atoms with Crippen LogP contribution in [0, 0.1) is 13.8 Å². The summed E-state index contributed by atoms with van der Waals surface area (Å²) >= 11 is 2.83. The van der Waals surface area contributed by atoms with Gasteiger partial charge in [-0.2, -0.15) is 5.10 Å². The van der Waals surface area contributed by atoms with Gasteiger partial charge in [-0.15, -0.1) is 11.3 Å². The number of carbonyl (C=O) groups excluding carboxylic acids is 1. The molecule has 0 radical (unpaired) electrons. The fourth-order valence-electron chi connectivity index (χ4n) is 3.09. The number of carbonyl (C=O) groups is 1. The van der Waals surface area contributed by atoms with Crippen molar-refractivity contribution < 1.29 is 4.79 Å². The highest BCUT2D eigenvalue weighted by atomic mass is 32.2. The molecule has 3 aromatic rings. The van der Waals surface area contributed by atoms with Crippen LogP contribution in [0.4, 0.5) is 5.82 Å². The highest BCUT2D eigenvalue weighted by molar-refractivity contribution is 8.00. The molecule has 1 N–H and O–H groups in total. The Balaban J connectivity index is 1.92. The minimum Gasteiger partial charge on any atom is -0.310 e. The molecule has 0 saturated carbocycles. The van der Waals surface area contributed by atoms with Crippen LogP contribution in [0.3, 0.4) is 0 Å². The summed E-state index contributed by atoms with van der Waals surface area (Å²) in [6.07, 6.45) is 1.67. The van der Waals surface area contributed by atoms with Crippen molar-refractivity contribution in [2.75, 3.05) is 5.32 Å². The van der Waals surface area contributed by atoms with Crippen LogP contribution >= 0.6 is 23.1 Å². The van der Waals surface area contributed by atoms with Gasteiger partial charge in [0, 0.05) is 23.0 Å². The molecule has 7 nitrogen and oxygen atoms in total. The molecule has 0 aromatic carbocycles. The van der Waals surface area contributed by atoms with Crippen LogP contribution in [0.15, 0.2) is 22.2 Å². The lowest BCUT2D eigenvalue weighted by Gasteiger charge is -2.18. The first-order valence-electron chi connectivity index (χ1n) is 9.65. The molecule has 0 spiro atoms. The highest BCUT2D eigenvalue weighted by Gasteiger charge is 2.23. The van der Waals surface area contributed by atoms with E-state index in [-0.39, 0.29) is 23.6 Å². The molecule has 0 fully saturated rings. The summed E-state index contributed by atoms with van der Waals surface area (Å²) in [5.41, 5.74) is 0.945. The van der Waals surface area contributed by atoms with Crippen molar-refractivity contribution in [1.29, 1.82) is 0 Å².